The van der Waals surface area contributed by atoms with Crippen LogP contribution in [-0.4, -0.2) is 10.8 Å². The van der Waals surface area contributed by atoms with Crippen molar-refractivity contribution in [3.63, 3.8) is 0 Å². The normalized spacial score (nSPS) is 11.6. The topological polar surface area (TPSA) is 53.8 Å². The van der Waals surface area contributed by atoms with Gasteiger partial charge in [-0.25, -0.2) is 0 Å². The summed E-state index contributed by atoms with van der Waals surface area (Å²) in [5.74, 6) is -0.985. The zero-order valence-electron chi connectivity index (χ0n) is 9.38. The minimum atomic E-state index is -0.793. The van der Waals surface area contributed by atoms with Crippen LogP contribution < -0.4 is 0 Å². The van der Waals surface area contributed by atoms with Gasteiger partial charge in [0, 0.05) is 21.5 Å². The summed E-state index contributed by atoms with van der Waals surface area (Å²) in [6.45, 7) is 0. The molecule has 1 aromatic heterocycles. The van der Waals surface area contributed by atoms with Crippen LogP contribution in [-0.2, 0) is 0 Å². The van der Waals surface area contributed by atoms with Crippen LogP contribution in [0.3, 0.4) is 0 Å². The molecule has 3 nitrogen and oxygen atoms in total. The van der Waals surface area contributed by atoms with E-state index in [2.05, 4.69) is 27.6 Å². The Morgan fingerprint density at radius 3 is 2.56 bits per heavy atom. The summed E-state index contributed by atoms with van der Waals surface area (Å²) in [6.07, 6.45) is 3.17. The molecule has 0 saturated heterocycles. The van der Waals surface area contributed by atoms with Gasteiger partial charge in [-0.15, -0.1) is 0 Å². The lowest BCUT2D eigenvalue weighted by Gasteiger charge is -2.07. The molecule has 2 aromatic rings. The number of carbonyl (C=O) groups excluding carboxylic acids is 1. The Balaban J connectivity index is 2.32. The Labute approximate surface area is 119 Å². The molecule has 0 aliphatic carbocycles. The maximum Gasteiger partial charge on any atom is 0.184 e. The Morgan fingerprint density at radius 1 is 1.28 bits per heavy atom. The van der Waals surface area contributed by atoms with E-state index in [1.807, 2.05) is 18.2 Å². The van der Waals surface area contributed by atoms with E-state index in [9.17, 15) is 4.79 Å². The van der Waals surface area contributed by atoms with E-state index in [0.29, 0.717) is 11.1 Å². The second-order valence-corrected chi connectivity index (χ2v) is 4.97. The van der Waals surface area contributed by atoms with Crippen LogP contribution in [0.1, 0.15) is 21.8 Å². The summed E-state index contributed by atoms with van der Waals surface area (Å²) >= 11 is 2.17. The summed E-state index contributed by atoms with van der Waals surface area (Å²) < 4.78 is 1.05. The molecule has 2 rings (SSSR count). The van der Waals surface area contributed by atoms with Crippen molar-refractivity contribution in [2.24, 2.45) is 0 Å². The molecular weight excluding hydrogens is 339 g/mol. The van der Waals surface area contributed by atoms with E-state index in [4.69, 9.17) is 5.26 Å². The monoisotopic (exact) mass is 348 g/mol. The van der Waals surface area contributed by atoms with Gasteiger partial charge in [0.2, 0.25) is 0 Å². The summed E-state index contributed by atoms with van der Waals surface area (Å²) in [6, 6.07) is 12.7. The quantitative estimate of drug-likeness (QED) is 0.632. The SMILES string of the molecule is N#CC(C(=O)c1ccc(I)cc1)c1cccnc1. The van der Waals surface area contributed by atoms with E-state index in [1.165, 1.54) is 0 Å². The highest BCUT2D eigenvalue weighted by molar-refractivity contribution is 14.1. The number of ketones is 1. The van der Waals surface area contributed by atoms with Gasteiger partial charge in [-0.1, -0.05) is 18.2 Å². The molecule has 0 aliphatic rings. The first-order valence-corrected chi connectivity index (χ1v) is 6.39. The standard InChI is InChI=1S/C14H9IN2O/c15-12-5-3-10(4-6-12)14(18)13(8-16)11-2-1-7-17-9-11/h1-7,9,13H. The molecule has 0 aliphatic heterocycles. The van der Waals surface area contributed by atoms with E-state index in [-0.39, 0.29) is 5.78 Å². The number of nitrogens with zero attached hydrogens (tertiary/aromatic N) is 2. The molecule has 0 N–H and O–H groups in total. The van der Waals surface area contributed by atoms with E-state index in [0.717, 1.165) is 3.57 Å². The molecule has 1 aromatic carbocycles. The molecule has 0 bridgehead atoms. The van der Waals surface area contributed by atoms with E-state index >= 15 is 0 Å². The minimum absolute atomic E-state index is 0.193. The molecular formula is C14H9IN2O. The Bertz CT molecular complexity index is 587. The number of Topliss-reactive ketones (excluding diaryl/α,β-unsaturated/α-hetero) is 1. The van der Waals surface area contributed by atoms with E-state index in [1.54, 1.807) is 36.7 Å². The molecule has 0 saturated carbocycles. The number of benzene rings is 1. The Hall–Kier alpha value is -1.74. The minimum Gasteiger partial charge on any atom is -0.292 e. The third kappa shape index (κ3) is 2.74. The number of nitriles is 1. The van der Waals surface area contributed by atoms with Crippen molar-refractivity contribution in [2.75, 3.05) is 0 Å². The lowest BCUT2D eigenvalue weighted by atomic mass is 9.93. The van der Waals surface area contributed by atoms with Crippen molar-refractivity contribution in [1.82, 2.24) is 4.98 Å². The molecule has 1 atom stereocenters. The highest BCUT2D eigenvalue weighted by Gasteiger charge is 2.21. The van der Waals surface area contributed by atoms with Gasteiger partial charge in [0.25, 0.3) is 0 Å². The maximum atomic E-state index is 12.2. The Morgan fingerprint density at radius 2 is 2.00 bits per heavy atom. The second-order valence-electron chi connectivity index (χ2n) is 3.72. The fourth-order valence-electron chi connectivity index (χ4n) is 1.61. The van der Waals surface area contributed by atoms with Crippen LogP contribution in [0.25, 0.3) is 0 Å². The van der Waals surface area contributed by atoms with Crippen molar-refractivity contribution in [1.29, 1.82) is 5.26 Å². The number of hydrogen-bond donors (Lipinski definition) is 0. The van der Waals surface area contributed by atoms with Crippen LogP contribution >= 0.6 is 22.6 Å². The van der Waals surface area contributed by atoms with Gasteiger partial charge in [-0.05, 0) is 46.4 Å². The van der Waals surface area contributed by atoms with Crippen molar-refractivity contribution in [3.05, 3.63) is 63.5 Å². The predicted octanol–water partition coefficient (Wildman–Crippen LogP) is 3.18. The average molecular weight is 348 g/mol. The maximum absolute atomic E-state index is 12.2. The van der Waals surface area contributed by atoms with Crippen molar-refractivity contribution < 1.29 is 4.79 Å². The van der Waals surface area contributed by atoms with E-state index < -0.39 is 5.92 Å². The molecule has 18 heavy (non-hydrogen) atoms. The third-order valence-electron chi connectivity index (χ3n) is 2.54. The lowest BCUT2D eigenvalue weighted by molar-refractivity contribution is 0.0978. The Kier molecular flexibility index (Phi) is 4.05. The highest BCUT2D eigenvalue weighted by atomic mass is 127. The first kappa shape index (κ1) is 12.7. The van der Waals surface area contributed by atoms with Crippen LogP contribution in [0, 0.1) is 14.9 Å². The highest BCUT2D eigenvalue weighted by Crippen LogP contribution is 2.20. The molecule has 1 unspecified atom stereocenters. The average Bonchev–Trinajstić information content (AvgIpc) is 2.41. The summed E-state index contributed by atoms with van der Waals surface area (Å²) in [5, 5.41) is 9.17. The van der Waals surface area contributed by atoms with Gasteiger partial charge in [0.15, 0.2) is 5.78 Å². The smallest absolute Gasteiger partial charge is 0.184 e. The van der Waals surface area contributed by atoms with Crippen molar-refractivity contribution in [2.45, 2.75) is 5.92 Å². The van der Waals surface area contributed by atoms with Gasteiger partial charge < -0.3 is 0 Å². The largest absolute Gasteiger partial charge is 0.292 e. The molecule has 4 heteroatoms. The molecule has 0 spiro atoms. The zero-order chi connectivity index (χ0) is 13.0. The fourth-order valence-corrected chi connectivity index (χ4v) is 1.97. The van der Waals surface area contributed by atoms with Crippen LogP contribution in [0.4, 0.5) is 0 Å². The first-order chi connectivity index (χ1) is 8.72. The second kappa shape index (κ2) is 5.74. The first-order valence-electron chi connectivity index (χ1n) is 5.31. The molecule has 0 radical (unpaired) electrons. The number of halogens is 1. The summed E-state index contributed by atoms with van der Waals surface area (Å²) in [5.41, 5.74) is 1.18. The summed E-state index contributed by atoms with van der Waals surface area (Å²) in [7, 11) is 0. The van der Waals surface area contributed by atoms with Gasteiger partial charge in [-0.2, -0.15) is 5.26 Å². The number of hydrogen-bond acceptors (Lipinski definition) is 3. The molecule has 0 amide bonds. The predicted molar refractivity (Wildman–Crippen MR) is 76.1 cm³/mol. The molecule has 1 heterocycles. The number of aromatic nitrogens is 1. The van der Waals surface area contributed by atoms with Crippen LogP contribution in [0.5, 0.6) is 0 Å². The van der Waals surface area contributed by atoms with Gasteiger partial charge in [0.05, 0.1) is 6.07 Å². The van der Waals surface area contributed by atoms with Crippen LogP contribution in [0.15, 0.2) is 48.8 Å². The van der Waals surface area contributed by atoms with Gasteiger partial charge >= 0.3 is 0 Å². The third-order valence-corrected chi connectivity index (χ3v) is 3.26. The zero-order valence-corrected chi connectivity index (χ0v) is 11.5. The fraction of sp³-hybridized carbons (Fsp3) is 0.0714. The van der Waals surface area contributed by atoms with Gasteiger partial charge in [0.1, 0.15) is 5.92 Å². The number of pyridine rings is 1. The molecule has 0 fully saturated rings. The lowest BCUT2D eigenvalue weighted by Crippen LogP contribution is -2.11. The number of rotatable bonds is 3. The van der Waals surface area contributed by atoms with Crippen molar-refractivity contribution >= 4 is 28.4 Å². The molecule has 88 valence electrons. The number of carbonyl (C=O) groups is 1. The van der Waals surface area contributed by atoms with Crippen LogP contribution in [0.2, 0.25) is 0 Å². The van der Waals surface area contributed by atoms with Gasteiger partial charge in [-0.3, -0.25) is 9.78 Å². The van der Waals surface area contributed by atoms with Crippen molar-refractivity contribution in [3.8, 4) is 6.07 Å². The summed E-state index contributed by atoms with van der Waals surface area (Å²) in [4.78, 5) is 16.2.